The van der Waals surface area contributed by atoms with Crippen molar-refractivity contribution in [1.29, 1.82) is 0 Å². The van der Waals surface area contributed by atoms with Crippen molar-refractivity contribution in [3.8, 4) is 0 Å². The molecule has 2 N–H and O–H groups in total. The van der Waals surface area contributed by atoms with Crippen molar-refractivity contribution in [3.63, 3.8) is 0 Å². The molecule has 0 aliphatic carbocycles. The average molecular weight is 261 g/mol. The summed E-state index contributed by atoms with van der Waals surface area (Å²) in [6, 6.07) is 5.56. The molecule has 0 atom stereocenters. The number of H-pyrrole nitrogens is 2. The van der Waals surface area contributed by atoms with E-state index in [1.807, 2.05) is 24.4 Å². The molecule has 3 heterocycles. The molecule has 3 aromatic heterocycles. The van der Waals surface area contributed by atoms with Gasteiger partial charge in [-0.25, -0.2) is 4.79 Å². The minimum Gasteiger partial charge on any atom is -0.353 e. The molecule has 0 aliphatic heterocycles. The van der Waals surface area contributed by atoms with Crippen molar-refractivity contribution < 1.29 is 0 Å². The average Bonchev–Trinajstić information content (AvgIpc) is 2.93. The van der Waals surface area contributed by atoms with E-state index in [4.69, 9.17) is 0 Å². The Morgan fingerprint density at radius 1 is 1.33 bits per heavy atom. The standard InChI is InChI=1S/C12H11N3O2S/c1-7-5-9-10(13-7)11(16)15(12(17)14-9)6-8-3-2-4-18-8/h2-5,13H,6H2,1H3,(H,14,17). The van der Waals surface area contributed by atoms with E-state index in [0.717, 1.165) is 10.6 Å². The Morgan fingerprint density at radius 2 is 2.17 bits per heavy atom. The number of nitrogens with one attached hydrogen (secondary N) is 2. The molecular weight excluding hydrogens is 250 g/mol. The van der Waals surface area contributed by atoms with Crippen LogP contribution in [0.15, 0.2) is 33.2 Å². The van der Waals surface area contributed by atoms with Crippen molar-refractivity contribution in [3.05, 3.63) is 55.0 Å². The van der Waals surface area contributed by atoms with Crippen molar-refractivity contribution in [2.75, 3.05) is 0 Å². The highest BCUT2D eigenvalue weighted by molar-refractivity contribution is 7.09. The van der Waals surface area contributed by atoms with Gasteiger partial charge in [0.2, 0.25) is 0 Å². The van der Waals surface area contributed by atoms with Gasteiger partial charge < -0.3 is 9.97 Å². The fraction of sp³-hybridized carbons (Fsp3) is 0.167. The molecule has 0 aromatic carbocycles. The Kier molecular flexibility index (Phi) is 2.45. The third kappa shape index (κ3) is 1.70. The molecule has 0 aliphatic rings. The highest BCUT2D eigenvalue weighted by Gasteiger charge is 2.10. The molecule has 0 saturated heterocycles. The Balaban J connectivity index is 2.23. The van der Waals surface area contributed by atoms with E-state index in [1.54, 1.807) is 6.07 Å². The molecule has 3 aromatic rings. The predicted octanol–water partition coefficient (Wildman–Crippen LogP) is 1.44. The summed E-state index contributed by atoms with van der Waals surface area (Å²) in [6.45, 7) is 2.15. The molecule has 0 fully saturated rings. The topological polar surface area (TPSA) is 70.7 Å². The maximum Gasteiger partial charge on any atom is 0.329 e. The molecule has 0 saturated carbocycles. The molecule has 0 bridgehead atoms. The van der Waals surface area contributed by atoms with E-state index >= 15 is 0 Å². The monoisotopic (exact) mass is 261 g/mol. The lowest BCUT2D eigenvalue weighted by atomic mass is 10.4. The third-order valence-electron chi connectivity index (χ3n) is 2.79. The van der Waals surface area contributed by atoms with E-state index in [9.17, 15) is 9.59 Å². The van der Waals surface area contributed by atoms with Gasteiger partial charge in [-0.2, -0.15) is 0 Å². The second-order valence-electron chi connectivity index (χ2n) is 4.14. The van der Waals surface area contributed by atoms with Crippen molar-refractivity contribution >= 4 is 22.4 Å². The normalized spacial score (nSPS) is 11.2. The van der Waals surface area contributed by atoms with Crippen LogP contribution in [0.4, 0.5) is 0 Å². The van der Waals surface area contributed by atoms with Crippen LogP contribution in [0, 0.1) is 6.92 Å². The van der Waals surface area contributed by atoms with Crippen molar-refractivity contribution in [2.24, 2.45) is 0 Å². The fourth-order valence-electron chi connectivity index (χ4n) is 1.97. The number of rotatable bonds is 2. The van der Waals surface area contributed by atoms with Gasteiger partial charge in [0.05, 0.1) is 12.1 Å². The van der Waals surface area contributed by atoms with Gasteiger partial charge in [0, 0.05) is 10.6 Å². The molecular formula is C12H11N3O2S. The van der Waals surface area contributed by atoms with Crippen molar-refractivity contribution in [1.82, 2.24) is 14.5 Å². The van der Waals surface area contributed by atoms with E-state index in [-0.39, 0.29) is 11.2 Å². The Bertz CT molecular complexity index is 808. The smallest absolute Gasteiger partial charge is 0.329 e. The first-order valence-corrected chi connectivity index (χ1v) is 6.38. The summed E-state index contributed by atoms with van der Waals surface area (Å²) in [5.41, 5.74) is 1.20. The lowest BCUT2D eigenvalue weighted by molar-refractivity contribution is 0.719. The van der Waals surface area contributed by atoms with Gasteiger partial charge in [-0.1, -0.05) is 6.07 Å². The summed E-state index contributed by atoms with van der Waals surface area (Å²) >= 11 is 1.52. The summed E-state index contributed by atoms with van der Waals surface area (Å²) in [4.78, 5) is 30.8. The first kappa shape index (κ1) is 11.0. The second kappa shape index (κ2) is 3.99. The predicted molar refractivity (Wildman–Crippen MR) is 71.3 cm³/mol. The molecule has 5 nitrogen and oxygen atoms in total. The number of hydrogen-bond donors (Lipinski definition) is 2. The van der Waals surface area contributed by atoms with Crippen LogP contribution in [0.2, 0.25) is 0 Å². The number of fused-ring (bicyclic) bond motifs is 1. The SMILES string of the molecule is Cc1cc2[nH]c(=O)n(Cc3cccs3)c(=O)c2[nH]1. The number of aromatic amines is 2. The minimum atomic E-state index is -0.375. The Morgan fingerprint density at radius 3 is 2.89 bits per heavy atom. The first-order chi connectivity index (χ1) is 8.65. The Hall–Kier alpha value is -2.08. The number of aromatic nitrogens is 3. The third-order valence-corrected chi connectivity index (χ3v) is 3.65. The van der Waals surface area contributed by atoms with Crippen molar-refractivity contribution in [2.45, 2.75) is 13.5 Å². The lowest BCUT2D eigenvalue weighted by Gasteiger charge is -2.02. The quantitative estimate of drug-likeness (QED) is 0.732. The molecule has 0 radical (unpaired) electrons. The minimum absolute atomic E-state index is 0.282. The molecule has 0 spiro atoms. The van der Waals surface area contributed by atoms with Crippen LogP contribution in [0.1, 0.15) is 10.6 Å². The number of nitrogens with zero attached hydrogens (tertiary/aromatic N) is 1. The van der Waals surface area contributed by atoms with Gasteiger partial charge >= 0.3 is 5.69 Å². The van der Waals surface area contributed by atoms with E-state index in [0.29, 0.717) is 17.6 Å². The second-order valence-corrected chi connectivity index (χ2v) is 5.17. The first-order valence-electron chi connectivity index (χ1n) is 5.50. The van der Waals surface area contributed by atoms with Crippen LogP contribution in [-0.4, -0.2) is 14.5 Å². The largest absolute Gasteiger partial charge is 0.353 e. The number of aryl methyl sites for hydroxylation is 1. The molecule has 18 heavy (non-hydrogen) atoms. The van der Waals surface area contributed by atoms with Gasteiger partial charge in [0.1, 0.15) is 5.52 Å². The zero-order valence-electron chi connectivity index (χ0n) is 9.69. The summed E-state index contributed by atoms with van der Waals surface area (Å²) < 4.78 is 1.21. The molecule has 6 heteroatoms. The Labute approximate surface area is 106 Å². The highest BCUT2D eigenvalue weighted by atomic mass is 32.1. The summed E-state index contributed by atoms with van der Waals surface area (Å²) in [5, 5.41) is 1.92. The van der Waals surface area contributed by atoms with Gasteiger partial charge in [-0.05, 0) is 24.4 Å². The van der Waals surface area contributed by atoms with Crippen LogP contribution in [-0.2, 0) is 6.54 Å². The van der Waals surface area contributed by atoms with Gasteiger partial charge in [-0.15, -0.1) is 11.3 Å². The van der Waals surface area contributed by atoms with Crippen LogP contribution < -0.4 is 11.2 Å². The van der Waals surface area contributed by atoms with E-state index in [2.05, 4.69) is 9.97 Å². The van der Waals surface area contributed by atoms with Crippen LogP contribution in [0.25, 0.3) is 11.0 Å². The maximum absolute atomic E-state index is 12.2. The fourth-order valence-corrected chi connectivity index (χ4v) is 2.66. The molecule has 0 unspecified atom stereocenters. The lowest BCUT2D eigenvalue weighted by Crippen LogP contribution is -2.35. The summed E-state index contributed by atoms with van der Waals surface area (Å²) in [5.74, 6) is 0. The number of hydrogen-bond acceptors (Lipinski definition) is 3. The summed E-state index contributed by atoms with van der Waals surface area (Å²) in [6.07, 6.45) is 0. The summed E-state index contributed by atoms with van der Waals surface area (Å²) in [7, 11) is 0. The van der Waals surface area contributed by atoms with Gasteiger partial charge in [-0.3, -0.25) is 9.36 Å². The maximum atomic E-state index is 12.2. The van der Waals surface area contributed by atoms with Crippen LogP contribution in [0.5, 0.6) is 0 Å². The van der Waals surface area contributed by atoms with Gasteiger partial charge in [0.25, 0.3) is 5.56 Å². The number of thiophene rings is 1. The van der Waals surface area contributed by atoms with E-state index < -0.39 is 0 Å². The molecule has 3 rings (SSSR count). The van der Waals surface area contributed by atoms with Gasteiger partial charge in [0.15, 0.2) is 0 Å². The molecule has 92 valence electrons. The van der Waals surface area contributed by atoms with E-state index in [1.165, 1.54) is 15.9 Å². The van der Waals surface area contributed by atoms with Crippen LogP contribution >= 0.6 is 11.3 Å². The highest BCUT2D eigenvalue weighted by Crippen LogP contribution is 2.10. The zero-order chi connectivity index (χ0) is 12.7. The van der Waals surface area contributed by atoms with Crippen LogP contribution in [0.3, 0.4) is 0 Å². The molecule has 0 amide bonds. The zero-order valence-corrected chi connectivity index (χ0v) is 10.5.